The van der Waals surface area contributed by atoms with Crippen LogP contribution in [-0.2, 0) is 9.47 Å². The highest BCUT2D eigenvalue weighted by Crippen LogP contribution is 2.17. The van der Waals surface area contributed by atoms with E-state index in [4.69, 9.17) is 26.3 Å². The second-order valence-electron chi connectivity index (χ2n) is 6.37. The zero-order valence-electron chi connectivity index (χ0n) is 13.8. The molecule has 2 unspecified atom stereocenters. The lowest BCUT2D eigenvalue weighted by Gasteiger charge is -2.33. The quantitative estimate of drug-likeness (QED) is 0.856. The fraction of sp³-hybridized carbons (Fsp3) is 0.600. The van der Waals surface area contributed by atoms with Crippen molar-refractivity contribution in [2.24, 2.45) is 0 Å². The number of amides is 1. The Morgan fingerprint density at radius 2 is 2.25 bits per heavy atom. The van der Waals surface area contributed by atoms with Crippen LogP contribution in [0.15, 0.2) is 6.20 Å². The van der Waals surface area contributed by atoms with Crippen LogP contribution in [0.2, 0.25) is 5.15 Å². The molecule has 8 nitrogen and oxygen atoms in total. The lowest BCUT2D eigenvalue weighted by molar-refractivity contribution is 0.0318. The van der Waals surface area contributed by atoms with Crippen LogP contribution in [0, 0.1) is 11.3 Å². The summed E-state index contributed by atoms with van der Waals surface area (Å²) in [4.78, 5) is 20.0. The molecule has 1 amide bonds. The largest absolute Gasteiger partial charge is 0.444 e. The van der Waals surface area contributed by atoms with Gasteiger partial charge >= 0.3 is 6.09 Å². The highest BCUT2D eigenvalue weighted by Gasteiger charge is 2.29. The Labute approximate surface area is 145 Å². The number of alkyl carbamates (subject to hydrolysis) is 1. The molecule has 2 atom stereocenters. The average Bonchev–Trinajstić information content (AvgIpc) is 2.47. The molecule has 2 rings (SSSR count). The maximum absolute atomic E-state index is 12.0. The van der Waals surface area contributed by atoms with Crippen molar-refractivity contribution in [2.75, 3.05) is 18.5 Å². The zero-order valence-corrected chi connectivity index (χ0v) is 14.6. The normalized spacial score (nSPS) is 20.8. The van der Waals surface area contributed by atoms with Crippen LogP contribution in [0.5, 0.6) is 0 Å². The number of carbonyl (C=O) groups excluding carboxylic acids is 1. The van der Waals surface area contributed by atoms with Gasteiger partial charge in [-0.25, -0.2) is 14.8 Å². The number of hydrogen-bond donors (Lipinski definition) is 2. The second kappa shape index (κ2) is 7.64. The first kappa shape index (κ1) is 18.2. The first-order chi connectivity index (χ1) is 11.3. The van der Waals surface area contributed by atoms with Crippen molar-refractivity contribution in [1.29, 1.82) is 5.26 Å². The van der Waals surface area contributed by atoms with E-state index in [-0.39, 0.29) is 22.9 Å². The Hall–Kier alpha value is -2.11. The van der Waals surface area contributed by atoms with Gasteiger partial charge in [-0.1, -0.05) is 11.6 Å². The number of anilines is 1. The summed E-state index contributed by atoms with van der Waals surface area (Å²) in [6, 6.07) is 1.45. The van der Waals surface area contributed by atoms with E-state index in [1.807, 2.05) is 6.07 Å². The first-order valence-corrected chi connectivity index (χ1v) is 7.93. The minimum absolute atomic E-state index is 0.0335. The Morgan fingerprint density at radius 3 is 2.88 bits per heavy atom. The van der Waals surface area contributed by atoms with Gasteiger partial charge in [-0.15, -0.1) is 0 Å². The summed E-state index contributed by atoms with van der Waals surface area (Å²) in [5, 5.41) is 14.8. The highest BCUT2D eigenvalue weighted by atomic mass is 35.5. The number of nitrogens with one attached hydrogen (secondary N) is 2. The van der Waals surface area contributed by atoms with Gasteiger partial charge in [-0.2, -0.15) is 5.26 Å². The van der Waals surface area contributed by atoms with E-state index in [1.165, 1.54) is 6.20 Å². The molecule has 1 fully saturated rings. The van der Waals surface area contributed by atoms with Crippen molar-refractivity contribution in [3.8, 4) is 6.07 Å². The number of nitriles is 1. The molecule has 0 aliphatic carbocycles. The third kappa shape index (κ3) is 5.22. The topological polar surface area (TPSA) is 109 Å². The number of hydrogen-bond acceptors (Lipinski definition) is 7. The Bertz CT molecular complexity index is 641. The molecule has 0 spiro atoms. The van der Waals surface area contributed by atoms with Crippen LogP contribution in [-0.4, -0.2) is 47.0 Å². The number of rotatable bonds is 3. The fourth-order valence-electron chi connectivity index (χ4n) is 2.21. The standard InChI is InChI=1S/C15H20ClN5O3/c1-15(2,3)24-14(22)20-11-8-23-5-4-9(11)19-12-7-18-10(6-17)13(16)21-12/h7,9,11H,4-5,8H2,1-3H3,(H,19,21)(H,20,22). The molecular formula is C15H20ClN5O3. The number of ether oxygens (including phenoxy) is 2. The van der Waals surface area contributed by atoms with Crippen molar-refractivity contribution in [2.45, 2.75) is 44.9 Å². The van der Waals surface area contributed by atoms with Crippen molar-refractivity contribution in [3.63, 3.8) is 0 Å². The predicted octanol–water partition coefficient (Wildman–Crippen LogP) is 2.10. The molecule has 130 valence electrons. The number of carbonyl (C=O) groups is 1. The molecule has 0 radical (unpaired) electrons. The lowest BCUT2D eigenvalue weighted by atomic mass is 10.0. The van der Waals surface area contributed by atoms with Crippen LogP contribution < -0.4 is 10.6 Å². The third-order valence-electron chi connectivity index (χ3n) is 3.23. The molecule has 2 N–H and O–H groups in total. The SMILES string of the molecule is CC(C)(C)OC(=O)NC1COCCC1Nc1cnc(C#N)c(Cl)n1. The summed E-state index contributed by atoms with van der Waals surface area (Å²) in [6.45, 7) is 6.31. The smallest absolute Gasteiger partial charge is 0.408 e. The van der Waals surface area contributed by atoms with Gasteiger partial charge in [0.2, 0.25) is 0 Å². The lowest BCUT2D eigenvalue weighted by Crippen LogP contribution is -2.53. The summed E-state index contributed by atoms with van der Waals surface area (Å²) < 4.78 is 10.7. The van der Waals surface area contributed by atoms with Crippen LogP contribution in [0.3, 0.4) is 0 Å². The van der Waals surface area contributed by atoms with E-state index in [0.717, 1.165) is 0 Å². The minimum atomic E-state index is -0.575. The van der Waals surface area contributed by atoms with Gasteiger partial charge in [0.25, 0.3) is 0 Å². The van der Waals surface area contributed by atoms with Gasteiger partial charge in [0.05, 0.1) is 24.9 Å². The molecule has 0 saturated carbocycles. The zero-order chi connectivity index (χ0) is 17.7. The van der Waals surface area contributed by atoms with E-state index in [1.54, 1.807) is 20.8 Å². The Morgan fingerprint density at radius 1 is 1.50 bits per heavy atom. The molecule has 1 aromatic rings. The van der Waals surface area contributed by atoms with Crippen molar-refractivity contribution in [3.05, 3.63) is 17.0 Å². The molecule has 0 aromatic carbocycles. The summed E-state index contributed by atoms with van der Waals surface area (Å²) in [7, 11) is 0. The Kier molecular flexibility index (Phi) is 5.80. The van der Waals surface area contributed by atoms with Gasteiger partial charge in [-0.05, 0) is 27.2 Å². The van der Waals surface area contributed by atoms with Gasteiger partial charge in [0.1, 0.15) is 17.5 Å². The van der Waals surface area contributed by atoms with Gasteiger partial charge in [-0.3, -0.25) is 0 Å². The molecule has 1 aliphatic rings. The molecule has 24 heavy (non-hydrogen) atoms. The fourth-order valence-corrected chi connectivity index (χ4v) is 2.40. The summed E-state index contributed by atoms with van der Waals surface area (Å²) in [5.41, 5.74) is -0.507. The minimum Gasteiger partial charge on any atom is -0.444 e. The Balaban J connectivity index is 2.03. The average molecular weight is 354 g/mol. The van der Waals surface area contributed by atoms with E-state index < -0.39 is 11.7 Å². The third-order valence-corrected chi connectivity index (χ3v) is 3.49. The first-order valence-electron chi connectivity index (χ1n) is 7.55. The van der Waals surface area contributed by atoms with E-state index in [2.05, 4.69) is 20.6 Å². The van der Waals surface area contributed by atoms with Crippen LogP contribution in [0.1, 0.15) is 32.9 Å². The molecule has 1 aromatic heterocycles. The highest BCUT2D eigenvalue weighted by molar-refractivity contribution is 6.30. The maximum Gasteiger partial charge on any atom is 0.408 e. The number of halogens is 1. The monoisotopic (exact) mass is 353 g/mol. The maximum atomic E-state index is 12.0. The molecule has 1 aliphatic heterocycles. The van der Waals surface area contributed by atoms with Crippen LogP contribution in [0.4, 0.5) is 10.6 Å². The van der Waals surface area contributed by atoms with Crippen molar-refractivity contribution < 1.29 is 14.3 Å². The summed E-state index contributed by atoms with van der Waals surface area (Å²) in [6.07, 6.45) is 1.60. The molecule has 9 heteroatoms. The molecular weight excluding hydrogens is 334 g/mol. The van der Waals surface area contributed by atoms with Gasteiger partial charge in [0.15, 0.2) is 10.8 Å². The van der Waals surface area contributed by atoms with Crippen molar-refractivity contribution in [1.82, 2.24) is 15.3 Å². The van der Waals surface area contributed by atoms with Crippen molar-refractivity contribution >= 4 is 23.5 Å². The van der Waals surface area contributed by atoms with Crippen LogP contribution >= 0.6 is 11.6 Å². The van der Waals surface area contributed by atoms with Gasteiger partial charge < -0.3 is 20.1 Å². The predicted molar refractivity (Wildman–Crippen MR) is 87.8 cm³/mol. The molecule has 1 saturated heterocycles. The van der Waals surface area contributed by atoms with E-state index in [0.29, 0.717) is 25.5 Å². The number of nitrogens with zero attached hydrogens (tertiary/aromatic N) is 3. The van der Waals surface area contributed by atoms with E-state index in [9.17, 15) is 4.79 Å². The molecule has 2 heterocycles. The van der Waals surface area contributed by atoms with Crippen LogP contribution in [0.25, 0.3) is 0 Å². The second-order valence-corrected chi connectivity index (χ2v) is 6.73. The molecule has 0 bridgehead atoms. The number of aromatic nitrogens is 2. The van der Waals surface area contributed by atoms with E-state index >= 15 is 0 Å². The summed E-state index contributed by atoms with van der Waals surface area (Å²) >= 11 is 5.89. The van der Waals surface area contributed by atoms with Gasteiger partial charge in [0, 0.05) is 6.61 Å². The summed E-state index contributed by atoms with van der Waals surface area (Å²) in [5.74, 6) is 0.432.